The Kier molecular flexibility index (Phi) is 27.7. The van der Waals surface area contributed by atoms with Crippen LogP contribution in [0.1, 0.15) is 129 Å². The first kappa shape index (κ1) is 42.8. The molecule has 2 atom stereocenters. The van der Waals surface area contributed by atoms with Crippen molar-refractivity contribution in [1.29, 1.82) is 0 Å². The summed E-state index contributed by atoms with van der Waals surface area (Å²) in [5, 5.41) is 11.6. The van der Waals surface area contributed by atoms with Crippen LogP contribution in [0.5, 0.6) is 0 Å². The van der Waals surface area contributed by atoms with Crippen molar-refractivity contribution in [2.24, 2.45) is 0 Å². The van der Waals surface area contributed by atoms with E-state index in [-0.39, 0.29) is 38.6 Å². The number of quaternary nitrogens is 1. The molecule has 2 unspecified atom stereocenters. The topological polar surface area (TPSA) is 111 Å². The van der Waals surface area contributed by atoms with Crippen molar-refractivity contribution in [1.82, 2.24) is 0 Å². The van der Waals surface area contributed by atoms with Crippen molar-refractivity contribution in [2.45, 2.75) is 142 Å². The lowest BCUT2D eigenvalue weighted by Crippen LogP contribution is -2.44. The molecule has 0 amide bonds. The lowest BCUT2D eigenvalue weighted by molar-refractivity contribution is -0.870. The Balaban J connectivity index is 4.60. The summed E-state index contributed by atoms with van der Waals surface area (Å²) in [6.07, 6.45) is 23.7. The van der Waals surface area contributed by atoms with Crippen molar-refractivity contribution < 1.29 is 42.9 Å². The van der Waals surface area contributed by atoms with E-state index in [4.69, 9.17) is 18.9 Å². The van der Waals surface area contributed by atoms with Crippen molar-refractivity contribution in [3.63, 3.8) is 0 Å². The molecule has 0 aromatic heterocycles. The van der Waals surface area contributed by atoms with Gasteiger partial charge < -0.3 is 33.3 Å². The van der Waals surface area contributed by atoms with Crippen LogP contribution in [0.15, 0.2) is 24.3 Å². The van der Waals surface area contributed by atoms with Gasteiger partial charge in [0.15, 0.2) is 12.4 Å². The van der Waals surface area contributed by atoms with E-state index in [0.29, 0.717) is 17.4 Å². The fourth-order valence-electron chi connectivity index (χ4n) is 4.39. The van der Waals surface area contributed by atoms with E-state index >= 15 is 0 Å². The standard InChI is InChI=1S/C36H65NO8/c1-6-8-10-12-14-15-16-17-18-19-21-23-25-27-34(39)45-32(30-43-33(38)26-24-22-20-13-11-9-7-2)31-44-36(35(40)41)42-29-28-37(3,4)5/h10,12,15-16,32,36H,6-9,11,13-14,17-31H2,1-5H3/b12-10-,16-15-. The Hall–Kier alpha value is -2.23. The number of unbranched alkanes of at least 4 members (excludes halogenated alkanes) is 12. The highest BCUT2D eigenvalue weighted by Gasteiger charge is 2.21. The second-order valence-electron chi connectivity index (χ2n) is 12.8. The summed E-state index contributed by atoms with van der Waals surface area (Å²) in [6, 6.07) is 0. The molecular formula is C36H65NO8. The maximum Gasteiger partial charge on any atom is 0.306 e. The number of carboxylic acids is 1. The Morgan fingerprint density at radius 3 is 1.84 bits per heavy atom. The monoisotopic (exact) mass is 639 g/mol. The second-order valence-corrected chi connectivity index (χ2v) is 12.8. The molecule has 0 saturated carbocycles. The Morgan fingerprint density at radius 2 is 1.24 bits per heavy atom. The summed E-state index contributed by atoms with van der Waals surface area (Å²) < 4.78 is 22.3. The lowest BCUT2D eigenvalue weighted by Gasteiger charge is -2.26. The first-order chi connectivity index (χ1) is 21.6. The Labute approximate surface area is 274 Å². The van der Waals surface area contributed by atoms with Gasteiger partial charge in [0.1, 0.15) is 13.2 Å². The minimum absolute atomic E-state index is 0.146. The number of allylic oxidation sites excluding steroid dienone is 4. The molecule has 0 bridgehead atoms. The zero-order valence-corrected chi connectivity index (χ0v) is 29.2. The van der Waals surface area contributed by atoms with Crippen molar-refractivity contribution in [2.75, 3.05) is 47.5 Å². The van der Waals surface area contributed by atoms with Gasteiger partial charge in [0.05, 0.1) is 40.3 Å². The molecule has 0 N–H and O–H groups in total. The molecule has 0 aliphatic heterocycles. The summed E-state index contributed by atoms with van der Waals surface area (Å²) >= 11 is 0. The van der Waals surface area contributed by atoms with E-state index < -0.39 is 24.3 Å². The molecular weight excluding hydrogens is 574 g/mol. The van der Waals surface area contributed by atoms with Gasteiger partial charge in [-0.2, -0.15) is 0 Å². The van der Waals surface area contributed by atoms with Crippen molar-refractivity contribution >= 4 is 17.9 Å². The van der Waals surface area contributed by atoms with Crippen LogP contribution in [0.2, 0.25) is 0 Å². The third-order valence-electron chi connectivity index (χ3n) is 7.18. The number of esters is 2. The normalized spacial score (nSPS) is 13.4. The second kappa shape index (κ2) is 29.2. The van der Waals surface area contributed by atoms with E-state index in [9.17, 15) is 19.5 Å². The van der Waals surface area contributed by atoms with Crippen LogP contribution in [-0.4, -0.2) is 82.3 Å². The molecule has 0 aromatic rings. The first-order valence-electron chi connectivity index (χ1n) is 17.5. The number of ether oxygens (including phenoxy) is 4. The van der Waals surface area contributed by atoms with Gasteiger partial charge in [-0.1, -0.05) is 102 Å². The largest absolute Gasteiger partial charge is 0.545 e. The smallest absolute Gasteiger partial charge is 0.306 e. The van der Waals surface area contributed by atoms with E-state index in [0.717, 1.165) is 64.2 Å². The highest BCUT2D eigenvalue weighted by molar-refractivity contribution is 5.70. The highest BCUT2D eigenvalue weighted by atomic mass is 16.7. The molecule has 0 heterocycles. The number of hydrogen-bond donors (Lipinski definition) is 0. The minimum Gasteiger partial charge on any atom is -0.545 e. The van der Waals surface area contributed by atoms with Gasteiger partial charge in [0, 0.05) is 12.8 Å². The summed E-state index contributed by atoms with van der Waals surface area (Å²) in [5.41, 5.74) is 0. The summed E-state index contributed by atoms with van der Waals surface area (Å²) in [4.78, 5) is 36.5. The molecule has 0 aliphatic carbocycles. The predicted molar refractivity (Wildman–Crippen MR) is 177 cm³/mol. The predicted octanol–water partition coefficient (Wildman–Crippen LogP) is 6.43. The zero-order valence-electron chi connectivity index (χ0n) is 29.2. The SMILES string of the molecule is CCC/C=C\C/C=C\CCCCCCCC(=O)OC(COC(=O)CCCCCCCCC)COC(OCC[N+](C)(C)C)C(=O)[O-]. The highest BCUT2D eigenvalue weighted by Crippen LogP contribution is 2.12. The average Bonchev–Trinajstić information content (AvgIpc) is 2.98. The van der Waals surface area contributed by atoms with Crippen LogP contribution in [0.3, 0.4) is 0 Å². The molecule has 0 spiro atoms. The van der Waals surface area contributed by atoms with Crippen LogP contribution < -0.4 is 5.11 Å². The van der Waals surface area contributed by atoms with Gasteiger partial charge in [-0.3, -0.25) is 9.59 Å². The maximum atomic E-state index is 12.6. The van der Waals surface area contributed by atoms with Crippen LogP contribution >= 0.6 is 0 Å². The van der Waals surface area contributed by atoms with Crippen molar-refractivity contribution in [3.05, 3.63) is 24.3 Å². The number of nitrogens with zero attached hydrogens (tertiary/aromatic N) is 1. The summed E-state index contributed by atoms with van der Waals surface area (Å²) in [7, 11) is 5.88. The quantitative estimate of drug-likeness (QED) is 0.0281. The number of carbonyl (C=O) groups is 3. The van der Waals surface area contributed by atoms with E-state index in [2.05, 4.69) is 38.2 Å². The van der Waals surface area contributed by atoms with Gasteiger partial charge in [-0.15, -0.1) is 0 Å². The Bertz CT molecular complexity index is 805. The number of aliphatic carboxylic acids is 1. The number of carbonyl (C=O) groups excluding carboxylic acids is 3. The fraction of sp³-hybridized carbons (Fsp3) is 0.806. The van der Waals surface area contributed by atoms with Gasteiger partial charge in [0.2, 0.25) is 0 Å². The molecule has 0 rings (SSSR count). The van der Waals surface area contributed by atoms with Crippen LogP contribution in [-0.2, 0) is 33.3 Å². The molecule has 9 heteroatoms. The zero-order chi connectivity index (χ0) is 33.6. The molecule has 45 heavy (non-hydrogen) atoms. The van der Waals surface area contributed by atoms with Gasteiger partial charge >= 0.3 is 11.9 Å². The Morgan fingerprint density at radius 1 is 0.667 bits per heavy atom. The van der Waals surface area contributed by atoms with Gasteiger partial charge in [-0.25, -0.2) is 0 Å². The lowest BCUT2D eigenvalue weighted by atomic mass is 10.1. The molecule has 262 valence electrons. The number of likely N-dealkylation sites (N-methyl/N-ethyl adjacent to an activating group) is 1. The molecule has 0 aromatic carbocycles. The van der Waals surface area contributed by atoms with E-state index in [1.54, 1.807) is 0 Å². The molecule has 0 radical (unpaired) electrons. The van der Waals surface area contributed by atoms with Gasteiger partial charge in [0.25, 0.3) is 0 Å². The third kappa shape index (κ3) is 30.2. The average molecular weight is 640 g/mol. The van der Waals surface area contributed by atoms with Crippen molar-refractivity contribution in [3.8, 4) is 0 Å². The van der Waals surface area contributed by atoms with E-state index in [1.165, 1.54) is 32.1 Å². The number of carboxylic acid groups (broad SMARTS) is 1. The molecule has 0 saturated heterocycles. The third-order valence-corrected chi connectivity index (χ3v) is 7.18. The van der Waals surface area contributed by atoms with Crippen LogP contribution in [0.25, 0.3) is 0 Å². The number of hydrogen-bond acceptors (Lipinski definition) is 8. The minimum atomic E-state index is -1.62. The number of rotatable bonds is 31. The first-order valence-corrected chi connectivity index (χ1v) is 17.5. The van der Waals surface area contributed by atoms with Crippen LogP contribution in [0.4, 0.5) is 0 Å². The summed E-state index contributed by atoms with van der Waals surface area (Å²) in [5.74, 6) is -2.32. The van der Waals surface area contributed by atoms with Crippen LogP contribution in [0, 0.1) is 0 Å². The van der Waals surface area contributed by atoms with E-state index in [1.807, 2.05) is 21.1 Å². The molecule has 9 nitrogen and oxygen atoms in total. The fourth-order valence-corrected chi connectivity index (χ4v) is 4.39. The molecule has 0 aliphatic rings. The molecule has 0 fully saturated rings. The maximum absolute atomic E-state index is 12.6. The summed E-state index contributed by atoms with van der Waals surface area (Å²) in [6.45, 7) is 4.57. The van der Waals surface area contributed by atoms with Gasteiger partial charge in [-0.05, 0) is 38.5 Å².